The van der Waals surface area contributed by atoms with E-state index >= 15 is 0 Å². The number of allylic oxidation sites excluding steroid dienone is 4. The molecule has 0 aromatic carbocycles. The van der Waals surface area contributed by atoms with Crippen molar-refractivity contribution in [2.24, 2.45) is 11.5 Å². The Morgan fingerprint density at radius 2 is 0.325 bits per heavy atom. The average Bonchev–Trinajstić information content (AvgIpc) is 0.930. The Morgan fingerprint density at radius 1 is 0.202 bits per heavy atom. The first-order valence-electron chi connectivity index (χ1n) is 34.4. The molecule has 4 N–H and O–H groups in total. The van der Waals surface area contributed by atoms with Crippen LogP contribution in [0.4, 0.5) is 0 Å². The quantitative estimate of drug-likeness (QED) is 0.0422. The minimum atomic E-state index is -1.54. The second kappa shape index (κ2) is 87.5. The largest absolute Gasteiger partial charge is 3.00 e. The number of unbranched alkanes of at least 4 members (excludes halogenated alkanes) is 10. The number of hydrogen-bond acceptors (Lipinski definition) is 41. The van der Waals surface area contributed by atoms with Crippen molar-refractivity contribution >= 4 is 101 Å². The molecule has 651 valence electrons. The van der Waals surface area contributed by atoms with Crippen molar-refractivity contribution in [3.05, 3.63) is 24.3 Å². The van der Waals surface area contributed by atoms with Gasteiger partial charge in [-0.2, -0.15) is 0 Å². The molecule has 43 nitrogen and oxygen atoms in total. The van der Waals surface area contributed by atoms with Crippen LogP contribution in [0.5, 0.6) is 0 Å². The van der Waals surface area contributed by atoms with E-state index in [0.717, 1.165) is 55.1 Å². The normalized spacial score (nSPS) is 10.6. The summed E-state index contributed by atoms with van der Waals surface area (Å²) in [5, 5.41) is 160. The van der Waals surface area contributed by atoms with Crippen LogP contribution in [0.3, 0.4) is 0 Å². The van der Waals surface area contributed by atoms with Crippen LogP contribution < -0.4 is 88.1 Å². The second-order valence-corrected chi connectivity index (χ2v) is 24.0. The number of primary amides is 2. The van der Waals surface area contributed by atoms with E-state index in [0.29, 0.717) is 12.8 Å². The van der Waals surface area contributed by atoms with Gasteiger partial charge in [0.2, 0.25) is 11.8 Å². The van der Waals surface area contributed by atoms with Gasteiger partial charge in [-0.15, -0.1) is 0 Å². The van der Waals surface area contributed by atoms with E-state index in [2.05, 4.69) is 38.2 Å². The molecule has 0 fully saturated rings. The number of carbonyl (C=O) groups excluding carboxylic acids is 17. The van der Waals surface area contributed by atoms with Gasteiger partial charge in [-0.1, -0.05) is 89.5 Å². The number of hydrogen-bond donors (Lipinski definition) is 2. The van der Waals surface area contributed by atoms with Crippen LogP contribution in [0, 0.1) is 200 Å². The van der Waals surface area contributed by atoms with Gasteiger partial charge in [0.15, 0.2) is 0 Å². The summed E-state index contributed by atoms with van der Waals surface area (Å²) in [6, 6.07) is 0. The Kier molecular flexibility index (Phi) is 101. The molecule has 5 radical (unpaired) electrons. The molecule has 48 heteroatoms. The summed E-state index contributed by atoms with van der Waals surface area (Å²) < 4.78 is 0. The summed E-state index contributed by atoms with van der Waals surface area (Å²) in [7, 11) is 0. The Morgan fingerprint density at radius 3 is 0.456 bits per heavy atom. The monoisotopic (exact) mass is 2350 g/mol. The zero-order valence-electron chi connectivity index (χ0n) is 63.2. The molecule has 0 atom stereocenters. The molecule has 0 spiro atoms. The Balaban J connectivity index is -0.000000150. The topological polar surface area (TPSA) is 717 Å². The summed E-state index contributed by atoms with van der Waals surface area (Å²) in [5.41, 5.74) is 10.0. The predicted octanol–water partition coefficient (Wildman–Crippen LogP) is -21.7. The van der Waals surface area contributed by atoms with Crippen molar-refractivity contribution in [3.63, 3.8) is 0 Å². The van der Waals surface area contributed by atoms with Gasteiger partial charge >= 0.3 is 200 Å². The van der Waals surface area contributed by atoms with Crippen LogP contribution in [-0.4, -0.2) is 322 Å². The van der Waals surface area contributed by atoms with E-state index < -0.39 is 188 Å². The molecule has 0 aromatic heterocycles. The van der Waals surface area contributed by atoms with E-state index in [1.807, 2.05) is 0 Å². The van der Waals surface area contributed by atoms with E-state index in [9.17, 15) is 158 Å². The third-order valence-corrected chi connectivity index (χ3v) is 14.1. The molecule has 0 heterocycles. The van der Waals surface area contributed by atoms with Crippen LogP contribution in [0.1, 0.15) is 117 Å². The van der Waals surface area contributed by atoms with E-state index in [-0.39, 0.29) is 290 Å². The first kappa shape index (κ1) is 131. The molecule has 0 aromatic rings. The predicted molar refractivity (Wildman–Crippen MR) is 345 cm³/mol. The maximum absolute atomic E-state index is 10.8. The van der Waals surface area contributed by atoms with Crippen LogP contribution >= 0.6 is 0 Å². The summed E-state index contributed by atoms with van der Waals surface area (Å²) in [6.07, 6.45) is 26.5. The zero-order valence-corrected chi connectivity index (χ0v) is 74.6. The van der Waals surface area contributed by atoms with Gasteiger partial charge in [0.1, 0.15) is 0 Å². The second-order valence-electron chi connectivity index (χ2n) is 24.0. The Bertz CT molecular complexity index is 2340. The van der Waals surface area contributed by atoms with Gasteiger partial charge in [-0.05, 0) is 38.5 Å². The number of aliphatic carboxylic acids is 15. The number of amides is 2. The van der Waals surface area contributed by atoms with Crippen LogP contribution in [0.25, 0.3) is 0 Å². The molecule has 0 rings (SSSR count). The fourth-order valence-corrected chi connectivity index (χ4v) is 9.18. The minimum absolute atomic E-state index is 0. The molecule has 0 saturated carbocycles. The van der Waals surface area contributed by atoms with Crippen LogP contribution in [-0.2, 0) is 81.5 Å². The third kappa shape index (κ3) is 107. The van der Waals surface area contributed by atoms with Crippen molar-refractivity contribution in [3.8, 4) is 0 Å². The molecule has 2 amide bonds. The fourth-order valence-electron chi connectivity index (χ4n) is 9.18. The van der Waals surface area contributed by atoms with Crippen molar-refractivity contribution in [2.45, 2.75) is 117 Å². The van der Waals surface area contributed by atoms with E-state index in [1.165, 1.54) is 78.9 Å². The molecular weight excluding hydrogens is 2250 g/mol. The van der Waals surface area contributed by atoms with Gasteiger partial charge in [0.05, 0.1) is 89.5 Å². The number of nitrogens with two attached hydrogens (primary N) is 2. The molecule has 0 aliphatic rings. The van der Waals surface area contributed by atoms with Crippen molar-refractivity contribution in [1.82, 2.24) is 44.1 Å². The van der Waals surface area contributed by atoms with Gasteiger partial charge < -0.3 is 160 Å². The molecule has 114 heavy (non-hydrogen) atoms. The number of rotatable bonds is 66. The maximum Gasteiger partial charge on any atom is 3.00 e. The number of carboxylic acid groups (broad SMARTS) is 15. The third-order valence-electron chi connectivity index (χ3n) is 14.1. The zero-order chi connectivity index (χ0) is 84.2. The maximum atomic E-state index is 10.8. The minimum Gasteiger partial charge on any atom is -0.549 e. The van der Waals surface area contributed by atoms with Crippen molar-refractivity contribution in [2.75, 3.05) is 177 Å². The average molecular weight is 2350 g/mol. The van der Waals surface area contributed by atoms with Gasteiger partial charge in [0.25, 0.3) is 0 Å². The van der Waals surface area contributed by atoms with Crippen LogP contribution in [0.15, 0.2) is 24.3 Å². The first-order valence-corrected chi connectivity index (χ1v) is 34.4. The molecular formula is C66H100Gd5N11O32. The molecule has 0 aliphatic heterocycles. The first-order chi connectivity index (χ1) is 51.0. The fraction of sp³-hybridized carbons (Fsp3) is 0.682. The molecule has 0 saturated heterocycles. The number of nitrogens with zero attached hydrogens (tertiary/aromatic N) is 9. The van der Waals surface area contributed by atoms with Gasteiger partial charge in [-0.3, -0.25) is 53.7 Å². The molecule has 0 aliphatic carbocycles. The number of carboxylic acids is 15. The van der Waals surface area contributed by atoms with Gasteiger partial charge in [-0.25, -0.2) is 0 Å². The van der Waals surface area contributed by atoms with Gasteiger partial charge in [0, 0.05) is 190 Å². The Hall–Kier alpha value is -3.27. The summed E-state index contributed by atoms with van der Waals surface area (Å²) >= 11 is 0. The summed E-state index contributed by atoms with van der Waals surface area (Å²) in [6.45, 7) is -8.03. The van der Waals surface area contributed by atoms with Crippen molar-refractivity contribution < 1.29 is 358 Å². The number of carbonyl (C=O) groups is 17. The SMILES string of the molecule is CCCCCCCC=CCCC(N)=O.CCCCCCCC=CCCC(N)=O.O=C([O-])CN(CCN(CC(=O)[O-])CC(=O)[O-])CCN(CC(=O)[O-])CC(=O)[O-].O=C([O-])CN(CCN(CC(=O)[O-])CC(=O)[O-])CCN(CC(=O)[O-])CC(=O)[O-].O=C([O-])CN(CCN(CC(=O)[O-])CC(=O)[O-])CCN(CC(=O)[O-])CC(=O)[O-].[Gd+3].[Gd+3].[Gd+3].[Gd+3].[Gd+3]. The molecule has 0 bridgehead atoms. The van der Waals surface area contributed by atoms with E-state index in [1.54, 1.807) is 0 Å². The van der Waals surface area contributed by atoms with E-state index in [4.69, 9.17) is 11.5 Å². The molecule has 0 unspecified atom stereocenters. The van der Waals surface area contributed by atoms with Crippen molar-refractivity contribution in [1.29, 1.82) is 0 Å². The summed E-state index contributed by atoms with van der Waals surface area (Å²) in [5.74, 6) is -23.4. The summed E-state index contributed by atoms with van der Waals surface area (Å²) in [4.78, 5) is 190. The van der Waals surface area contributed by atoms with Crippen LogP contribution in [0.2, 0.25) is 0 Å². The smallest absolute Gasteiger partial charge is 0.549 e. The Labute approximate surface area is 821 Å². The standard InChI is InChI=1S/3C14H23N3O10.2C12H23NO.5Gd/c3*18-10(19)5-15(1-3-16(6-11(20)21)7-12(22)23)2-4-17(8-13(24)25)9-14(26)27;2*1-2-3-4-5-6-7-8-9-10-11-12(13)14;;;;;/h3*1-9H2,(H,18,19)(H,20,21)(H,22,23)(H,24,25)(H,26,27);2*8-9H,2-7,10-11H2,1H3,(H2,13,14);;;;;/q;;;;;5*+3/p-15.